The molecule has 2 aromatic heterocycles. The molecule has 3 aromatic rings. The average Bonchev–Trinajstić information content (AvgIpc) is 3.02. The number of nitrogens with one attached hydrogen (secondary N) is 1. The number of anilines is 1. The molecule has 3 rings (SSSR count). The van der Waals surface area contributed by atoms with Crippen molar-refractivity contribution in [1.82, 2.24) is 9.97 Å². The van der Waals surface area contributed by atoms with Crippen molar-refractivity contribution in [2.75, 3.05) is 11.9 Å². The molecule has 0 amide bonds. The summed E-state index contributed by atoms with van der Waals surface area (Å²) in [6.07, 6.45) is 1.53. The zero-order chi connectivity index (χ0) is 17.3. The molecule has 0 saturated carbocycles. The van der Waals surface area contributed by atoms with E-state index in [1.807, 2.05) is 18.2 Å². The van der Waals surface area contributed by atoms with Gasteiger partial charge in [-0.3, -0.25) is 0 Å². The predicted molar refractivity (Wildman–Crippen MR) is 92.1 cm³/mol. The first-order valence-corrected chi connectivity index (χ1v) is 7.66. The van der Waals surface area contributed by atoms with Gasteiger partial charge in [0.25, 0.3) is 0 Å². The third-order valence-electron chi connectivity index (χ3n) is 3.52. The molecule has 0 saturated heterocycles. The Hall–Kier alpha value is -2.89. The molecule has 2 heterocycles. The van der Waals surface area contributed by atoms with Crippen LogP contribution in [0.15, 0.2) is 41.1 Å². The molecular formula is C18H19N3O3. The number of rotatable bonds is 4. The van der Waals surface area contributed by atoms with Crippen molar-refractivity contribution in [2.45, 2.75) is 20.8 Å². The summed E-state index contributed by atoms with van der Waals surface area (Å²) in [5, 5.41) is 13.2. The van der Waals surface area contributed by atoms with Gasteiger partial charge < -0.3 is 14.8 Å². The fraction of sp³-hybridized carbons (Fsp3) is 0.278. The Labute approximate surface area is 139 Å². The number of benzene rings is 1. The van der Waals surface area contributed by atoms with Crippen LogP contribution in [0.1, 0.15) is 31.3 Å². The van der Waals surface area contributed by atoms with Crippen LogP contribution < -0.4 is 5.32 Å². The average molecular weight is 325 g/mol. The van der Waals surface area contributed by atoms with Gasteiger partial charge in [-0.2, -0.15) is 0 Å². The highest BCUT2D eigenvalue weighted by Crippen LogP contribution is 2.28. The molecule has 6 heteroatoms. The standard InChI is InChI=1S/C18H19N3O3/c1-18(2,3)9-19-16-12-8-11(4-5-13(12)20-10-21-16)14-6-7-15(24-14)17(22)23/h4-8,10H,9H2,1-3H3,(H,22,23)(H,19,20,21). The summed E-state index contributed by atoms with van der Waals surface area (Å²) >= 11 is 0. The van der Waals surface area contributed by atoms with E-state index in [4.69, 9.17) is 9.52 Å². The molecule has 0 spiro atoms. The van der Waals surface area contributed by atoms with Crippen molar-refractivity contribution in [3.63, 3.8) is 0 Å². The van der Waals surface area contributed by atoms with Crippen molar-refractivity contribution < 1.29 is 14.3 Å². The Morgan fingerprint density at radius 1 is 1.21 bits per heavy atom. The number of carboxylic acids is 1. The molecule has 0 aliphatic rings. The zero-order valence-electron chi connectivity index (χ0n) is 13.8. The summed E-state index contributed by atoms with van der Waals surface area (Å²) < 4.78 is 5.37. The number of hydrogen-bond donors (Lipinski definition) is 2. The maximum atomic E-state index is 11.0. The molecule has 0 atom stereocenters. The quantitative estimate of drug-likeness (QED) is 0.752. The second kappa shape index (κ2) is 5.96. The van der Waals surface area contributed by atoms with Crippen molar-refractivity contribution in [1.29, 1.82) is 0 Å². The number of fused-ring (bicyclic) bond motifs is 1. The van der Waals surface area contributed by atoms with Gasteiger partial charge in [0.2, 0.25) is 5.76 Å². The normalized spacial score (nSPS) is 11.6. The lowest BCUT2D eigenvalue weighted by Gasteiger charge is -2.19. The minimum absolute atomic E-state index is 0.0829. The van der Waals surface area contributed by atoms with Gasteiger partial charge in [0.05, 0.1) is 5.52 Å². The second-order valence-corrected chi connectivity index (χ2v) is 6.84. The highest BCUT2D eigenvalue weighted by Gasteiger charge is 2.14. The summed E-state index contributed by atoms with van der Waals surface area (Å²) in [6, 6.07) is 8.73. The summed E-state index contributed by atoms with van der Waals surface area (Å²) in [7, 11) is 0. The molecule has 0 radical (unpaired) electrons. The number of carboxylic acid groups (broad SMARTS) is 1. The van der Waals surface area contributed by atoms with Crippen molar-refractivity contribution in [2.24, 2.45) is 5.41 Å². The molecule has 1 aromatic carbocycles. The van der Waals surface area contributed by atoms with E-state index >= 15 is 0 Å². The minimum Gasteiger partial charge on any atom is -0.475 e. The molecule has 6 nitrogen and oxygen atoms in total. The largest absolute Gasteiger partial charge is 0.475 e. The van der Waals surface area contributed by atoms with Crippen LogP contribution in [0, 0.1) is 5.41 Å². The SMILES string of the molecule is CC(C)(C)CNc1ncnc2ccc(-c3ccc(C(=O)O)o3)cc12. The first-order chi connectivity index (χ1) is 11.3. The fourth-order valence-corrected chi connectivity index (χ4v) is 2.31. The van der Waals surface area contributed by atoms with E-state index in [1.165, 1.54) is 12.4 Å². The third kappa shape index (κ3) is 3.37. The number of hydrogen-bond acceptors (Lipinski definition) is 5. The fourth-order valence-electron chi connectivity index (χ4n) is 2.31. The smallest absolute Gasteiger partial charge is 0.371 e. The Morgan fingerprint density at radius 3 is 2.67 bits per heavy atom. The highest BCUT2D eigenvalue weighted by molar-refractivity contribution is 5.92. The van der Waals surface area contributed by atoms with E-state index in [0.717, 1.165) is 28.8 Å². The lowest BCUT2D eigenvalue weighted by atomic mass is 9.97. The van der Waals surface area contributed by atoms with E-state index in [1.54, 1.807) is 6.07 Å². The Kier molecular flexibility index (Phi) is 3.97. The molecule has 0 aliphatic heterocycles. The summed E-state index contributed by atoms with van der Waals surface area (Å²) in [6.45, 7) is 7.20. The van der Waals surface area contributed by atoms with Crippen LogP contribution in [0.5, 0.6) is 0 Å². The lowest BCUT2D eigenvalue weighted by Crippen LogP contribution is -2.19. The molecule has 124 valence electrons. The Balaban J connectivity index is 2.00. The number of aromatic nitrogens is 2. The first-order valence-electron chi connectivity index (χ1n) is 7.66. The van der Waals surface area contributed by atoms with Gasteiger partial charge >= 0.3 is 5.97 Å². The third-order valence-corrected chi connectivity index (χ3v) is 3.52. The lowest BCUT2D eigenvalue weighted by molar-refractivity contribution is 0.0663. The zero-order valence-corrected chi connectivity index (χ0v) is 13.8. The first kappa shape index (κ1) is 16.0. The highest BCUT2D eigenvalue weighted by atomic mass is 16.4. The van der Waals surface area contributed by atoms with Crippen LogP contribution in [0.4, 0.5) is 5.82 Å². The van der Waals surface area contributed by atoms with Crippen LogP contribution in [0.3, 0.4) is 0 Å². The van der Waals surface area contributed by atoms with Gasteiger partial charge in [0, 0.05) is 17.5 Å². The Bertz CT molecular complexity index is 894. The van der Waals surface area contributed by atoms with Crippen molar-refractivity contribution in [3.8, 4) is 11.3 Å². The number of nitrogens with zero attached hydrogens (tertiary/aromatic N) is 2. The van der Waals surface area contributed by atoms with Crippen LogP contribution in [0.25, 0.3) is 22.2 Å². The molecule has 2 N–H and O–H groups in total. The van der Waals surface area contributed by atoms with Gasteiger partial charge in [-0.05, 0) is 35.7 Å². The number of aromatic carboxylic acids is 1. The molecule has 0 fully saturated rings. The topological polar surface area (TPSA) is 88.2 Å². The maximum Gasteiger partial charge on any atom is 0.371 e. The van der Waals surface area contributed by atoms with Gasteiger partial charge in [-0.25, -0.2) is 14.8 Å². The van der Waals surface area contributed by atoms with Gasteiger partial charge in [-0.1, -0.05) is 20.8 Å². The van der Waals surface area contributed by atoms with Crippen LogP contribution in [0.2, 0.25) is 0 Å². The number of furan rings is 1. The predicted octanol–water partition coefficient (Wildman–Crippen LogP) is 4.05. The Morgan fingerprint density at radius 2 is 2.00 bits per heavy atom. The summed E-state index contributed by atoms with van der Waals surface area (Å²) in [5.41, 5.74) is 1.71. The van der Waals surface area contributed by atoms with E-state index < -0.39 is 5.97 Å². The molecule has 0 aliphatic carbocycles. The van der Waals surface area contributed by atoms with Crippen LogP contribution in [-0.4, -0.2) is 27.6 Å². The van der Waals surface area contributed by atoms with Gasteiger partial charge in [-0.15, -0.1) is 0 Å². The minimum atomic E-state index is -1.09. The molecule has 0 bridgehead atoms. The van der Waals surface area contributed by atoms with E-state index in [0.29, 0.717) is 5.76 Å². The van der Waals surface area contributed by atoms with Gasteiger partial charge in [0.15, 0.2) is 0 Å². The van der Waals surface area contributed by atoms with Crippen LogP contribution >= 0.6 is 0 Å². The monoisotopic (exact) mass is 325 g/mol. The van der Waals surface area contributed by atoms with E-state index in [9.17, 15) is 4.79 Å². The molecule has 0 unspecified atom stereocenters. The van der Waals surface area contributed by atoms with E-state index in [2.05, 4.69) is 36.1 Å². The van der Waals surface area contributed by atoms with E-state index in [-0.39, 0.29) is 11.2 Å². The molecule has 24 heavy (non-hydrogen) atoms. The van der Waals surface area contributed by atoms with Crippen molar-refractivity contribution in [3.05, 3.63) is 42.4 Å². The van der Waals surface area contributed by atoms with Crippen LogP contribution in [-0.2, 0) is 0 Å². The second-order valence-electron chi connectivity index (χ2n) is 6.84. The summed E-state index contributed by atoms with van der Waals surface area (Å²) in [5.74, 6) is 0.0834. The molecular weight excluding hydrogens is 306 g/mol. The van der Waals surface area contributed by atoms with Crippen molar-refractivity contribution >= 4 is 22.7 Å². The van der Waals surface area contributed by atoms with Gasteiger partial charge in [0.1, 0.15) is 17.9 Å². The number of carbonyl (C=O) groups is 1. The summed E-state index contributed by atoms with van der Waals surface area (Å²) in [4.78, 5) is 19.6. The maximum absolute atomic E-state index is 11.0.